The van der Waals surface area contributed by atoms with E-state index in [2.05, 4.69) is 13.0 Å². The van der Waals surface area contributed by atoms with E-state index in [9.17, 15) is 4.79 Å². The molecule has 1 aliphatic heterocycles. The highest BCUT2D eigenvalue weighted by atomic mass is 35.5. The summed E-state index contributed by atoms with van der Waals surface area (Å²) in [7, 11) is 0. The van der Waals surface area contributed by atoms with Crippen molar-refractivity contribution in [1.82, 2.24) is 4.90 Å². The predicted octanol–water partition coefficient (Wildman–Crippen LogP) is 6.66. The first-order chi connectivity index (χ1) is 15.9. The zero-order valence-corrected chi connectivity index (χ0v) is 21.1. The Bertz CT molecular complexity index is 1090. The molecule has 2 aliphatic carbocycles. The molecule has 4 nitrogen and oxygen atoms in total. The summed E-state index contributed by atoms with van der Waals surface area (Å²) in [5.41, 5.74) is 8.20. The summed E-state index contributed by atoms with van der Waals surface area (Å²) in [6, 6.07) is 10.1. The van der Waals surface area contributed by atoms with Gasteiger partial charge in [0.15, 0.2) is 0 Å². The maximum atomic E-state index is 13.4. The van der Waals surface area contributed by atoms with Gasteiger partial charge in [0.2, 0.25) is 0 Å². The molecule has 174 valence electrons. The van der Waals surface area contributed by atoms with Gasteiger partial charge in [-0.05, 0) is 86.3 Å². The van der Waals surface area contributed by atoms with Gasteiger partial charge in [-0.1, -0.05) is 48.9 Å². The van der Waals surface area contributed by atoms with Crippen molar-refractivity contribution in [2.45, 2.75) is 64.0 Å². The van der Waals surface area contributed by atoms with Gasteiger partial charge in [-0.2, -0.15) is 0 Å². The number of rotatable bonds is 7. The fraction of sp³-hybridized carbons (Fsp3) is 0.462. The zero-order chi connectivity index (χ0) is 23.1. The minimum Gasteiger partial charge on any atom is -0.456 e. The molecule has 2 heterocycles. The van der Waals surface area contributed by atoms with Crippen LogP contribution in [0.3, 0.4) is 0 Å². The van der Waals surface area contributed by atoms with Crippen LogP contribution in [0.5, 0.6) is 0 Å². The first kappa shape index (κ1) is 23.2. The molecule has 3 fully saturated rings. The summed E-state index contributed by atoms with van der Waals surface area (Å²) in [6.45, 7) is 2.10. The van der Waals surface area contributed by atoms with E-state index in [4.69, 9.17) is 34.0 Å². The number of hydrogen-bond donors (Lipinski definition) is 1. The monoisotopic (exact) mass is 500 g/mol. The van der Waals surface area contributed by atoms with Gasteiger partial charge < -0.3 is 10.2 Å². The lowest BCUT2D eigenvalue weighted by molar-refractivity contribution is -0.124. The van der Waals surface area contributed by atoms with Crippen LogP contribution in [0.2, 0.25) is 5.02 Å². The van der Waals surface area contributed by atoms with E-state index in [0.29, 0.717) is 20.2 Å². The molecule has 1 aromatic carbocycles. The Morgan fingerprint density at radius 3 is 2.76 bits per heavy atom. The number of furan rings is 1. The van der Waals surface area contributed by atoms with E-state index >= 15 is 0 Å². The quantitative estimate of drug-likeness (QED) is 0.340. The van der Waals surface area contributed by atoms with Crippen LogP contribution in [-0.2, 0) is 11.2 Å². The number of nitrogens with zero attached hydrogens (tertiary/aromatic N) is 1. The van der Waals surface area contributed by atoms with E-state index < -0.39 is 0 Å². The Hall–Kier alpha value is -1.60. The van der Waals surface area contributed by atoms with Crippen molar-refractivity contribution >= 4 is 51.9 Å². The molecular weight excluding hydrogens is 472 g/mol. The highest BCUT2D eigenvalue weighted by Crippen LogP contribution is 2.49. The number of halogens is 1. The molecule has 0 spiro atoms. The van der Waals surface area contributed by atoms with Crippen molar-refractivity contribution in [2.24, 2.45) is 17.6 Å². The Morgan fingerprint density at radius 1 is 1.30 bits per heavy atom. The van der Waals surface area contributed by atoms with Gasteiger partial charge in [0.05, 0.1) is 4.91 Å². The average Bonchev–Trinajstić information content (AvgIpc) is 3.57. The molecule has 3 aliphatic rings. The van der Waals surface area contributed by atoms with Gasteiger partial charge in [-0.3, -0.25) is 9.69 Å². The van der Waals surface area contributed by atoms with E-state index in [1.54, 1.807) is 0 Å². The van der Waals surface area contributed by atoms with Gasteiger partial charge in [0, 0.05) is 28.7 Å². The lowest BCUT2D eigenvalue weighted by Crippen LogP contribution is -2.41. The number of hydrogen-bond acceptors (Lipinski definition) is 5. The molecule has 2 saturated carbocycles. The highest BCUT2D eigenvalue weighted by molar-refractivity contribution is 8.26. The summed E-state index contributed by atoms with van der Waals surface area (Å²) in [6.07, 6.45) is 9.33. The van der Waals surface area contributed by atoms with E-state index in [1.165, 1.54) is 31.0 Å². The Kier molecular flexibility index (Phi) is 6.72. The van der Waals surface area contributed by atoms with Gasteiger partial charge in [-0.25, -0.2) is 0 Å². The van der Waals surface area contributed by atoms with Crippen molar-refractivity contribution in [3.05, 3.63) is 51.6 Å². The molecule has 2 bridgehead atoms. The third kappa shape index (κ3) is 4.68. The number of aryl methyl sites for hydroxylation is 1. The molecule has 7 heteroatoms. The van der Waals surface area contributed by atoms with Crippen LogP contribution in [0.15, 0.2) is 39.7 Å². The van der Waals surface area contributed by atoms with Gasteiger partial charge >= 0.3 is 0 Å². The molecule has 0 radical (unpaired) electrons. The minimum absolute atomic E-state index is 0.0307. The van der Waals surface area contributed by atoms with E-state index in [-0.39, 0.29) is 18.0 Å². The molecule has 1 aromatic heterocycles. The number of benzene rings is 1. The van der Waals surface area contributed by atoms with Gasteiger partial charge in [0.25, 0.3) is 5.91 Å². The van der Waals surface area contributed by atoms with Crippen LogP contribution in [-0.4, -0.2) is 27.2 Å². The summed E-state index contributed by atoms with van der Waals surface area (Å²) in [5.74, 6) is 2.87. The number of amides is 1. The van der Waals surface area contributed by atoms with Gasteiger partial charge in [-0.15, -0.1) is 0 Å². The largest absolute Gasteiger partial charge is 0.456 e. The first-order valence-electron chi connectivity index (χ1n) is 11.8. The first-order valence-corrected chi connectivity index (χ1v) is 13.4. The van der Waals surface area contributed by atoms with Crippen molar-refractivity contribution in [3.63, 3.8) is 0 Å². The lowest BCUT2D eigenvalue weighted by Gasteiger charge is -2.30. The van der Waals surface area contributed by atoms with Crippen molar-refractivity contribution in [1.29, 1.82) is 0 Å². The fourth-order valence-corrected chi connectivity index (χ4v) is 6.94. The maximum Gasteiger partial charge on any atom is 0.266 e. The molecule has 4 unspecified atom stereocenters. The molecule has 2 aromatic rings. The SMILES string of the molecule is CCC(N)CCc1cc(-c2ccc(Cl)cc2)oc1/C=C1\SC(=S)N(C2CC3CCC2C3)C1=O. The van der Waals surface area contributed by atoms with Crippen LogP contribution in [0.4, 0.5) is 0 Å². The zero-order valence-electron chi connectivity index (χ0n) is 18.8. The maximum absolute atomic E-state index is 13.4. The third-order valence-electron chi connectivity index (χ3n) is 7.40. The molecule has 2 N–H and O–H groups in total. The molecule has 5 rings (SSSR count). The Morgan fingerprint density at radius 2 is 2.09 bits per heavy atom. The van der Waals surface area contributed by atoms with Crippen molar-refractivity contribution < 1.29 is 9.21 Å². The topological polar surface area (TPSA) is 59.5 Å². The summed E-state index contributed by atoms with van der Waals surface area (Å²) < 4.78 is 6.96. The second-order valence-corrected chi connectivity index (χ2v) is 11.6. The molecule has 33 heavy (non-hydrogen) atoms. The van der Waals surface area contributed by atoms with Crippen LogP contribution >= 0.6 is 35.6 Å². The van der Waals surface area contributed by atoms with E-state index in [0.717, 1.165) is 54.2 Å². The second-order valence-electron chi connectivity index (χ2n) is 9.51. The van der Waals surface area contributed by atoms with Crippen LogP contribution in [0.25, 0.3) is 17.4 Å². The van der Waals surface area contributed by atoms with Crippen molar-refractivity contribution in [2.75, 3.05) is 0 Å². The highest BCUT2D eigenvalue weighted by Gasteiger charge is 2.48. The lowest BCUT2D eigenvalue weighted by atomic mass is 9.94. The summed E-state index contributed by atoms with van der Waals surface area (Å²) in [5, 5.41) is 0.684. The molecular formula is C26H29ClN2O2S2. The summed E-state index contributed by atoms with van der Waals surface area (Å²) >= 11 is 13.1. The summed E-state index contributed by atoms with van der Waals surface area (Å²) in [4.78, 5) is 15.9. The predicted molar refractivity (Wildman–Crippen MR) is 140 cm³/mol. The Balaban J connectivity index is 1.43. The van der Waals surface area contributed by atoms with Gasteiger partial charge in [0.1, 0.15) is 15.8 Å². The number of thiocarbonyl (C=S) groups is 1. The number of nitrogens with two attached hydrogens (primary N) is 1. The molecule has 4 atom stereocenters. The Labute approximate surface area is 209 Å². The third-order valence-corrected chi connectivity index (χ3v) is 8.98. The van der Waals surface area contributed by atoms with Crippen LogP contribution < -0.4 is 5.73 Å². The number of fused-ring (bicyclic) bond motifs is 2. The fourth-order valence-electron chi connectivity index (χ4n) is 5.47. The smallest absolute Gasteiger partial charge is 0.266 e. The number of carbonyl (C=O) groups is 1. The average molecular weight is 501 g/mol. The standard InChI is InChI=1S/C26H29ClN2O2S2/c1-2-20(28)10-7-18-13-22(16-5-8-19(27)9-6-16)31-23(18)14-24-25(30)29(26(32)33-24)21-12-15-3-4-17(21)11-15/h5-6,8-9,13-15,17,20-21H,2-4,7,10-12,28H2,1H3/b24-14-. The van der Waals surface area contributed by atoms with Crippen LogP contribution in [0, 0.1) is 11.8 Å². The van der Waals surface area contributed by atoms with Crippen molar-refractivity contribution in [3.8, 4) is 11.3 Å². The second kappa shape index (κ2) is 9.57. The van der Waals surface area contributed by atoms with Crippen LogP contribution in [0.1, 0.15) is 56.8 Å². The minimum atomic E-state index is 0.0307. The molecule has 1 saturated heterocycles. The number of thioether (sulfide) groups is 1. The van der Waals surface area contributed by atoms with E-state index in [1.807, 2.05) is 35.2 Å². The normalized spacial score (nSPS) is 26.7. The molecule has 1 amide bonds. The number of carbonyl (C=O) groups excluding carboxylic acids is 1.